The zero-order valence-corrected chi connectivity index (χ0v) is 17.4. The Morgan fingerprint density at radius 2 is 1.97 bits per heavy atom. The third kappa shape index (κ3) is 3.81. The molecule has 0 amide bonds. The quantitative estimate of drug-likeness (QED) is 0.440. The third-order valence-corrected chi connectivity index (χ3v) is 5.67. The van der Waals surface area contributed by atoms with E-state index in [-0.39, 0.29) is 29.7 Å². The first-order valence-electron chi connectivity index (χ1n) is 9.96. The van der Waals surface area contributed by atoms with E-state index in [0.29, 0.717) is 16.8 Å². The van der Waals surface area contributed by atoms with Crippen LogP contribution in [0.3, 0.4) is 0 Å². The van der Waals surface area contributed by atoms with Crippen LogP contribution in [-0.4, -0.2) is 21.0 Å². The second kappa shape index (κ2) is 7.62. The Kier molecular flexibility index (Phi) is 5.19. The van der Waals surface area contributed by atoms with Crippen LogP contribution in [0.5, 0.6) is 0 Å². The van der Waals surface area contributed by atoms with E-state index < -0.39 is 29.5 Å². The monoisotopic (exact) mass is 444 g/mol. The van der Waals surface area contributed by atoms with Crippen LogP contribution in [0, 0.1) is 19.3 Å². The lowest BCUT2D eigenvalue weighted by molar-refractivity contribution is 0.0174. The minimum absolute atomic E-state index is 0.191. The Labute approximate surface area is 181 Å². The zero-order valence-electron chi connectivity index (χ0n) is 17.4. The number of pyridine rings is 1. The normalized spacial score (nSPS) is 16.1. The van der Waals surface area contributed by atoms with Crippen molar-refractivity contribution in [2.24, 2.45) is 0 Å². The number of aromatic nitrogens is 3. The van der Waals surface area contributed by atoms with Crippen LogP contribution in [0.15, 0.2) is 41.3 Å². The molecule has 2 aromatic heterocycles. The lowest BCUT2D eigenvalue weighted by Crippen LogP contribution is -2.35. The first-order chi connectivity index (χ1) is 15.0. The van der Waals surface area contributed by atoms with Gasteiger partial charge in [0.15, 0.2) is 0 Å². The molecule has 0 saturated heterocycles. The predicted octanol–water partition coefficient (Wildman–Crippen LogP) is 4.75. The van der Waals surface area contributed by atoms with Crippen molar-refractivity contribution in [2.75, 3.05) is 5.32 Å². The zero-order chi connectivity index (χ0) is 23.3. The van der Waals surface area contributed by atoms with E-state index in [1.54, 1.807) is 13.0 Å². The molecule has 1 atom stereocenters. The standard InChI is InChI=1S/C23H20F4N4O/c1-4-17(14-6-5-7-15(10-14)22(3,26)27)30-20-16-12-31(23(8-9-23)21(24)25)19(32)11-18(16)28-13(2)29-20/h1,5-7,10-12,17,21H,8-9H2,2-3H3,(H,28,29,30)/t17-/m1/s1. The smallest absolute Gasteiger partial charge is 0.270 e. The summed E-state index contributed by atoms with van der Waals surface area (Å²) in [4.78, 5) is 21.1. The topological polar surface area (TPSA) is 59.8 Å². The summed E-state index contributed by atoms with van der Waals surface area (Å²) in [6.45, 7) is 2.41. The lowest BCUT2D eigenvalue weighted by atomic mass is 10.0. The Bertz CT molecular complexity index is 1290. The van der Waals surface area contributed by atoms with Crippen molar-refractivity contribution >= 4 is 16.7 Å². The highest BCUT2D eigenvalue weighted by molar-refractivity contribution is 5.88. The van der Waals surface area contributed by atoms with E-state index in [0.717, 1.165) is 11.5 Å². The maximum atomic E-state index is 13.8. The van der Waals surface area contributed by atoms with Gasteiger partial charge in [0.1, 0.15) is 23.2 Å². The Balaban J connectivity index is 1.80. The van der Waals surface area contributed by atoms with Crippen molar-refractivity contribution in [3.63, 3.8) is 0 Å². The van der Waals surface area contributed by atoms with Gasteiger partial charge in [-0.1, -0.05) is 24.1 Å². The van der Waals surface area contributed by atoms with Gasteiger partial charge in [-0.2, -0.15) is 0 Å². The average molecular weight is 444 g/mol. The number of nitrogens with zero attached hydrogens (tertiary/aromatic N) is 3. The second-order valence-corrected chi connectivity index (χ2v) is 8.06. The minimum Gasteiger partial charge on any atom is -0.352 e. The van der Waals surface area contributed by atoms with Crippen LogP contribution in [0.2, 0.25) is 0 Å². The number of nitrogens with one attached hydrogen (secondary N) is 1. The van der Waals surface area contributed by atoms with E-state index in [2.05, 4.69) is 21.2 Å². The maximum absolute atomic E-state index is 13.8. The summed E-state index contributed by atoms with van der Waals surface area (Å²) in [6.07, 6.45) is 4.68. The molecule has 32 heavy (non-hydrogen) atoms. The van der Waals surface area contributed by atoms with E-state index in [1.165, 1.54) is 30.5 Å². The number of alkyl halides is 4. The molecule has 9 heteroatoms. The lowest BCUT2D eigenvalue weighted by Gasteiger charge is -2.21. The fourth-order valence-corrected chi connectivity index (χ4v) is 3.72. The molecule has 4 rings (SSSR count). The SMILES string of the molecule is C#C[C@@H](Nc1nc(C)nc2cc(=O)n(C3(C(F)F)CC3)cc12)c1cccc(C(C)(F)F)c1. The molecule has 5 nitrogen and oxygen atoms in total. The van der Waals surface area contributed by atoms with Gasteiger partial charge in [-0.25, -0.2) is 27.5 Å². The molecule has 0 unspecified atom stereocenters. The fourth-order valence-electron chi connectivity index (χ4n) is 3.72. The first kappa shape index (κ1) is 21.8. The van der Waals surface area contributed by atoms with Gasteiger partial charge in [-0.15, -0.1) is 6.42 Å². The van der Waals surface area contributed by atoms with E-state index in [1.807, 2.05) is 0 Å². The van der Waals surface area contributed by atoms with Crippen molar-refractivity contribution < 1.29 is 17.6 Å². The first-order valence-corrected chi connectivity index (χ1v) is 9.96. The highest BCUT2D eigenvalue weighted by Gasteiger charge is 2.53. The number of rotatable bonds is 6. The molecule has 3 aromatic rings. The molecule has 1 aromatic carbocycles. The molecule has 0 spiro atoms. The molecule has 166 valence electrons. The molecular formula is C23H20F4N4O. The van der Waals surface area contributed by atoms with Gasteiger partial charge in [0, 0.05) is 24.8 Å². The fraction of sp³-hybridized carbons (Fsp3) is 0.348. The molecule has 0 radical (unpaired) electrons. The number of fused-ring (bicyclic) bond motifs is 1. The summed E-state index contributed by atoms with van der Waals surface area (Å²) in [5, 5.41) is 3.35. The Hall–Kier alpha value is -3.41. The summed E-state index contributed by atoms with van der Waals surface area (Å²) in [5.74, 6) is 0.0224. The van der Waals surface area contributed by atoms with Crippen LogP contribution < -0.4 is 10.9 Å². The van der Waals surface area contributed by atoms with Crippen molar-refractivity contribution in [1.29, 1.82) is 0 Å². The molecule has 1 saturated carbocycles. The van der Waals surface area contributed by atoms with E-state index >= 15 is 0 Å². The van der Waals surface area contributed by atoms with Gasteiger partial charge >= 0.3 is 0 Å². The van der Waals surface area contributed by atoms with Crippen molar-refractivity contribution in [1.82, 2.24) is 14.5 Å². The summed E-state index contributed by atoms with van der Waals surface area (Å²) < 4.78 is 55.8. The van der Waals surface area contributed by atoms with Crippen LogP contribution in [-0.2, 0) is 11.5 Å². The van der Waals surface area contributed by atoms with Crippen LogP contribution in [0.1, 0.15) is 42.8 Å². The molecule has 0 aliphatic heterocycles. The number of halogens is 4. The van der Waals surface area contributed by atoms with E-state index in [9.17, 15) is 22.4 Å². The summed E-state index contributed by atoms with van der Waals surface area (Å²) in [6, 6.07) is 6.06. The molecular weight excluding hydrogens is 424 g/mol. The predicted molar refractivity (Wildman–Crippen MR) is 113 cm³/mol. The highest BCUT2D eigenvalue weighted by atomic mass is 19.3. The number of hydrogen-bond acceptors (Lipinski definition) is 4. The van der Waals surface area contributed by atoms with Crippen molar-refractivity contribution in [3.05, 3.63) is 63.8 Å². The van der Waals surface area contributed by atoms with Gasteiger partial charge in [-0.05, 0) is 31.4 Å². The van der Waals surface area contributed by atoms with Crippen LogP contribution in [0.25, 0.3) is 10.9 Å². The second-order valence-electron chi connectivity index (χ2n) is 8.06. The van der Waals surface area contributed by atoms with Gasteiger partial charge in [0.25, 0.3) is 17.9 Å². The summed E-state index contributed by atoms with van der Waals surface area (Å²) in [5.41, 5.74) is -1.61. The molecule has 1 N–H and O–H groups in total. The average Bonchev–Trinajstić information content (AvgIpc) is 3.52. The van der Waals surface area contributed by atoms with E-state index in [4.69, 9.17) is 6.42 Å². The van der Waals surface area contributed by atoms with Gasteiger partial charge in [0.2, 0.25) is 0 Å². The van der Waals surface area contributed by atoms with Gasteiger partial charge in [-0.3, -0.25) is 4.79 Å². The molecule has 1 aliphatic carbocycles. The minimum atomic E-state index is -3.04. The molecule has 0 bridgehead atoms. The molecule has 1 aliphatic rings. The number of benzene rings is 1. The highest BCUT2D eigenvalue weighted by Crippen LogP contribution is 2.48. The van der Waals surface area contributed by atoms with Crippen LogP contribution in [0.4, 0.5) is 23.4 Å². The summed E-state index contributed by atoms with van der Waals surface area (Å²) >= 11 is 0. The van der Waals surface area contributed by atoms with Gasteiger partial charge < -0.3 is 9.88 Å². The number of anilines is 1. The number of terminal acetylenes is 1. The third-order valence-electron chi connectivity index (χ3n) is 5.67. The maximum Gasteiger partial charge on any atom is 0.270 e. The largest absolute Gasteiger partial charge is 0.352 e. The summed E-state index contributed by atoms with van der Waals surface area (Å²) in [7, 11) is 0. The van der Waals surface area contributed by atoms with Gasteiger partial charge in [0.05, 0.1) is 10.9 Å². The van der Waals surface area contributed by atoms with Crippen LogP contribution >= 0.6 is 0 Å². The number of hydrogen-bond donors (Lipinski definition) is 1. The van der Waals surface area contributed by atoms with Crippen molar-refractivity contribution in [3.8, 4) is 12.3 Å². The molecule has 2 heterocycles. The molecule has 1 fully saturated rings. The Morgan fingerprint density at radius 1 is 1.25 bits per heavy atom. The number of aryl methyl sites for hydroxylation is 1. The Morgan fingerprint density at radius 3 is 2.56 bits per heavy atom. The van der Waals surface area contributed by atoms with Crippen molar-refractivity contribution in [2.45, 2.75) is 50.6 Å².